The highest BCUT2D eigenvalue weighted by Crippen LogP contribution is 2.24. The predicted octanol–water partition coefficient (Wildman–Crippen LogP) is 3.14. The lowest BCUT2D eigenvalue weighted by Crippen LogP contribution is -2.13. The first-order chi connectivity index (χ1) is 6.93. The van der Waals surface area contributed by atoms with Crippen LogP contribution >= 0.6 is 11.3 Å². The van der Waals surface area contributed by atoms with Gasteiger partial charge < -0.3 is 5.11 Å². The smallest absolute Gasteiger partial charge is 0.0954 e. The van der Waals surface area contributed by atoms with Gasteiger partial charge in [0.05, 0.1) is 16.8 Å². The molecule has 15 heavy (non-hydrogen) atoms. The summed E-state index contributed by atoms with van der Waals surface area (Å²) in [5, 5.41) is 12.8. The Morgan fingerprint density at radius 1 is 1.47 bits per heavy atom. The van der Waals surface area contributed by atoms with E-state index in [4.69, 9.17) is 0 Å². The van der Waals surface area contributed by atoms with Crippen LogP contribution in [0.4, 0.5) is 0 Å². The topological polar surface area (TPSA) is 33.1 Å². The van der Waals surface area contributed by atoms with E-state index < -0.39 is 0 Å². The van der Waals surface area contributed by atoms with Gasteiger partial charge in [-0.3, -0.25) is 0 Å². The first kappa shape index (κ1) is 12.7. The first-order valence-corrected chi connectivity index (χ1v) is 6.44. The Labute approximate surface area is 96.4 Å². The molecule has 0 radical (unpaired) electrons. The fraction of sp³-hybridized carbons (Fsp3) is 0.750. The molecule has 1 aromatic heterocycles. The van der Waals surface area contributed by atoms with Crippen molar-refractivity contribution in [3.63, 3.8) is 0 Å². The highest BCUT2D eigenvalue weighted by molar-refractivity contribution is 7.09. The molecule has 1 aromatic rings. The molecule has 0 aromatic carbocycles. The summed E-state index contributed by atoms with van der Waals surface area (Å²) in [4.78, 5) is 4.56. The van der Waals surface area contributed by atoms with Crippen LogP contribution in [0.5, 0.6) is 0 Å². The Morgan fingerprint density at radius 2 is 2.13 bits per heavy atom. The summed E-state index contributed by atoms with van der Waals surface area (Å²) in [6.07, 6.45) is 2.37. The Kier molecular flexibility index (Phi) is 4.29. The van der Waals surface area contributed by atoms with Crippen molar-refractivity contribution in [2.45, 2.75) is 58.5 Å². The van der Waals surface area contributed by atoms with Gasteiger partial charge in [0.1, 0.15) is 0 Å². The molecule has 86 valence electrons. The largest absolute Gasteiger partial charge is 0.393 e. The second-order valence-corrected chi connectivity index (χ2v) is 5.97. The molecular weight excluding hydrogens is 206 g/mol. The minimum absolute atomic E-state index is 0.116. The van der Waals surface area contributed by atoms with Crippen LogP contribution in [0.1, 0.15) is 51.2 Å². The van der Waals surface area contributed by atoms with Gasteiger partial charge in [-0.15, -0.1) is 11.3 Å². The summed E-state index contributed by atoms with van der Waals surface area (Å²) >= 11 is 1.66. The maximum atomic E-state index is 9.68. The van der Waals surface area contributed by atoms with Crippen LogP contribution in [0.3, 0.4) is 0 Å². The van der Waals surface area contributed by atoms with Gasteiger partial charge in [0.25, 0.3) is 0 Å². The highest BCUT2D eigenvalue weighted by Gasteiger charge is 2.18. The number of rotatable bonds is 4. The van der Waals surface area contributed by atoms with E-state index >= 15 is 0 Å². The van der Waals surface area contributed by atoms with Crippen molar-refractivity contribution in [3.05, 3.63) is 16.1 Å². The van der Waals surface area contributed by atoms with Crippen molar-refractivity contribution in [1.29, 1.82) is 0 Å². The zero-order valence-electron chi connectivity index (χ0n) is 10.1. The van der Waals surface area contributed by atoms with Crippen LogP contribution in [0.25, 0.3) is 0 Å². The second kappa shape index (κ2) is 5.08. The summed E-state index contributed by atoms with van der Waals surface area (Å²) in [6.45, 7) is 8.57. The molecule has 1 rings (SSSR count). The minimum Gasteiger partial charge on any atom is -0.393 e. The van der Waals surface area contributed by atoms with Crippen molar-refractivity contribution in [1.82, 2.24) is 4.98 Å². The van der Waals surface area contributed by atoms with Crippen molar-refractivity contribution in [2.75, 3.05) is 0 Å². The third-order valence-corrected chi connectivity index (χ3v) is 3.22. The molecule has 0 aliphatic heterocycles. The van der Waals surface area contributed by atoms with Gasteiger partial charge in [-0.1, -0.05) is 34.1 Å². The number of aliphatic hydroxyl groups is 1. The Morgan fingerprint density at radius 3 is 2.60 bits per heavy atom. The van der Waals surface area contributed by atoms with E-state index in [0.29, 0.717) is 6.42 Å². The minimum atomic E-state index is -0.228. The summed E-state index contributed by atoms with van der Waals surface area (Å²) in [7, 11) is 0. The maximum absolute atomic E-state index is 9.68. The standard InChI is InChI=1S/C12H21NOS/c1-5-6-9(14)7-11-13-10(8-15-11)12(2,3)4/h8-9,14H,5-7H2,1-4H3. The van der Waals surface area contributed by atoms with E-state index in [1.807, 2.05) is 0 Å². The molecule has 0 bridgehead atoms. The third-order valence-electron chi connectivity index (χ3n) is 2.35. The van der Waals surface area contributed by atoms with Gasteiger partial charge in [0.15, 0.2) is 0 Å². The van der Waals surface area contributed by atoms with Gasteiger partial charge in [0, 0.05) is 17.2 Å². The van der Waals surface area contributed by atoms with Gasteiger partial charge >= 0.3 is 0 Å². The Hall–Kier alpha value is -0.410. The fourth-order valence-electron chi connectivity index (χ4n) is 1.39. The number of hydrogen-bond donors (Lipinski definition) is 1. The van der Waals surface area contributed by atoms with Crippen molar-refractivity contribution in [3.8, 4) is 0 Å². The molecule has 0 aliphatic rings. The molecule has 1 atom stereocenters. The zero-order valence-corrected chi connectivity index (χ0v) is 10.9. The lowest BCUT2D eigenvalue weighted by molar-refractivity contribution is 0.163. The average molecular weight is 227 g/mol. The molecule has 0 spiro atoms. The molecule has 1 unspecified atom stereocenters. The molecule has 0 saturated carbocycles. The summed E-state index contributed by atoms with van der Waals surface area (Å²) in [5.41, 5.74) is 1.25. The van der Waals surface area contributed by atoms with Crippen LogP contribution in [0.2, 0.25) is 0 Å². The lowest BCUT2D eigenvalue weighted by atomic mass is 9.93. The maximum Gasteiger partial charge on any atom is 0.0954 e. The molecule has 0 aliphatic carbocycles. The number of nitrogens with zero attached hydrogens (tertiary/aromatic N) is 1. The molecule has 1 N–H and O–H groups in total. The van der Waals surface area contributed by atoms with Crippen molar-refractivity contribution >= 4 is 11.3 Å². The summed E-state index contributed by atoms with van der Waals surface area (Å²) in [6, 6.07) is 0. The molecule has 0 fully saturated rings. The zero-order chi connectivity index (χ0) is 11.5. The average Bonchev–Trinajstić information content (AvgIpc) is 2.52. The molecule has 1 heterocycles. The first-order valence-electron chi connectivity index (χ1n) is 5.56. The van der Waals surface area contributed by atoms with E-state index in [-0.39, 0.29) is 11.5 Å². The molecule has 0 saturated heterocycles. The number of hydrogen-bond acceptors (Lipinski definition) is 3. The van der Waals surface area contributed by atoms with E-state index in [9.17, 15) is 5.11 Å². The number of aromatic nitrogens is 1. The van der Waals surface area contributed by atoms with Crippen LogP contribution in [-0.2, 0) is 11.8 Å². The van der Waals surface area contributed by atoms with Gasteiger partial charge in [0.2, 0.25) is 0 Å². The van der Waals surface area contributed by atoms with Crippen LogP contribution < -0.4 is 0 Å². The van der Waals surface area contributed by atoms with Gasteiger partial charge in [-0.25, -0.2) is 4.98 Å². The fourth-order valence-corrected chi connectivity index (χ4v) is 2.48. The molecule has 3 heteroatoms. The monoisotopic (exact) mass is 227 g/mol. The summed E-state index contributed by atoms with van der Waals surface area (Å²) in [5.74, 6) is 0. The van der Waals surface area contributed by atoms with Crippen molar-refractivity contribution in [2.24, 2.45) is 0 Å². The van der Waals surface area contributed by atoms with Gasteiger partial charge in [-0.05, 0) is 6.42 Å². The SMILES string of the molecule is CCCC(O)Cc1nc(C(C)(C)C)cs1. The van der Waals surface area contributed by atoms with E-state index in [1.54, 1.807) is 11.3 Å². The quantitative estimate of drug-likeness (QED) is 0.857. The normalized spacial score (nSPS) is 14.2. The van der Waals surface area contributed by atoms with Crippen LogP contribution in [0, 0.1) is 0 Å². The van der Waals surface area contributed by atoms with E-state index in [2.05, 4.69) is 38.1 Å². The lowest BCUT2D eigenvalue weighted by Gasteiger charge is -2.14. The number of thiazole rings is 1. The molecule has 2 nitrogen and oxygen atoms in total. The van der Waals surface area contributed by atoms with Crippen LogP contribution in [-0.4, -0.2) is 16.2 Å². The second-order valence-electron chi connectivity index (χ2n) is 5.02. The van der Waals surface area contributed by atoms with E-state index in [0.717, 1.165) is 23.5 Å². The van der Waals surface area contributed by atoms with Crippen LogP contribution in [0.15, 0.2) is 5.38 Å². The highest BCUT2D eigenvalue weighted by atomic mass is 32.1. The molecular formula is C12H21NOS. The van der Waals surface area contributed by atoms with Gasteiger partial charge in [-0.2, -0.15) is 0 Å². The molecule has 0 amide bonds. The third kappa shape index (κ3) is 3.92. The van der Waals surface area contributed by atoms with E-state index in [1.165, 1.54) is 0 Å². The van der Waals surface area contributed by atoms with Crippen molar-refractivity contribution < 1.29 is 5.11 Å². The predicted molar refractivity (Wildman–Crippen MR) is 65.4 cm³/mol. The summed E-state index contributed by atoms with van der Waals surface area (Å²) < 4.78 is 0. The Balaban J connectivity index is 2.61. The Bertz CT molecular complexity index is 301. The number of aliphatic hydroxyl groups excluding tert-OH is 1.